The zero-order chi connectivity index (χ0) is 17.6. The number of nitrogens with zero attached hydrogens (tertiary/aromatic N) is 2. The zero-order valence-corrected chi connectivity index (χ0v) is 15.6. The van der Waals surface area contributed by atoms with E-state index in [4.69, 9.17) is 0 Å². The van der Waals surface area contributed by atoms with Crippen LogP contribution in [0.5, 0.6) is 5.75 Å². The fourth-order valence-electron chi connectivity index (χ4n) is 3.70. The average molecular weight is 394 g/mol. The van der Waals surface area contributed by atoms with E-state index < -0.39 is 12.4 Å². The average Bonchev–Trinajstić information content (AvgIpc) is 2.60. The van der Waals surface area contributed by atoms with E-state index in [1.807, 2.05) is 0 Å². The molecule has 0 aliphatic carbocycles. The van der Waals surface area contributed by atoms with Crippen LogP contribution in [0.25, 0.3) is 0 Å². The van der Waals surface area contributed by atoms with Crippen molar-refractivity contribution < 1.29 is 17.9 Å². The van der Waals surface area contributed by atoms with Crippen molar-refractivity contribution in [3.8, 4) is 5.75 Å². The lowest BCUT2D eigenvalue weighted by atomic mass is 9.97. The molecule has 0 unspecified atom stereocenters. The minimum atomic E-state index is -3.02. The molecule has 0 amide bonds. The number of alkyl halides is 2. The molecule has 148 valence electrons. The number of halogens is 4. The highest BCUT2D eigenvalue weighted by Gasteiger charge is 2.23. The van der Waals surface area contributed by atoms with E-state index in [2.05, 4.69) is 19.9 Å². The number of ether oxygens (including phenoxy) is 1. The number of nitrogens with one attached hydrogen (secondary N) is 1. The van der Waals surface area contributed by atoms with Crippen LogP contribution in [0.15, 0.2) is 18.2 Å². The van der Waals surface area contributed by atoms with Crippen molar-refractivity contribution in [2.75, 3.05) is 45.8 Å². The molecular weight excluding hydrogens is 367 g/mol. The van der Waals surface area contributed by atoms with Gasteiger partial charge in [-0.1, -0.05) is 12.1 Å². The predicted molar refractivity (Wildman–Crippen MR) is 97.6 cm³/mol. The van der Waals surface area contributed by atoms with Crippen molar-refractivity contribution >= 4 is 12.4 Å². The molecule has 0 radical (unpaired) electrons. The van der Waals surface area contributed by atoms with Gasteiger partial charge in [0.1, 0.15) is 0 Å². The number of hydrogen-bond donors (Lipinski definition) is 1. The number of para-hydroxylation sites is 1. The molecule has 8 heteroatoms. The van der Waals surface area contributed by atoms with Gasteiger partial charge in [0, 0.05) is 44.8 Å². The summed E-state index contributed by atoms with van der Waals surface area (Å²) >= 11 is 0. The van der Waals surface area contributed by atoms with Crippen LogP contribution in [0.3, 0.4) is 0 Å². The van der Waals surface area contributed by atoms with Crippen molar-refractivity contribution in [1.29, 1.82) is 0 Å². The van der Waals surface area contributed by atoms with Crippen LogP contribution in [-0.2, 0) is 6.54 Å². The molecule has 0 spiro atoms. The Hall–Kier alpha value is -1.02. The monoisotopic (exact) mass is 393 g/mol. The number of hydrogen-bond acceptors (Lipinski definition) is 4. The van der Waals surface area contributed by atoms with Crippen LogP contribution in [0.4, 0.5) is 13.2 Å². The molecule has 0 saturated carbocycles. The van der Waals surface area contributed by atoms with Crippen LogP contribution in [0.2, 0.25) is 0 Å². The second-order valence-corrected chi connectivity index (χ2v) is 6.88. The van der Waals surface area contributed by atoms with Gasteiger partial charge in [-0.25, -0.2) is 4.39 Å². The molecule has 0 bridgehead atoms. The van der Waals surface area contributed by atoms with E-state index in [1.165, 1.54) is 18.9 Å². The standard InChI is InChI=1S/C18H26F3N3O.ClH/c19-16-3-1-2-15(17(16)25-18(20)21)13-24-10-8-23(9-11-24)12-14-4-6-22-7-5-14;/h1-3,14,18,22H,4-13H2;1H. The maximum atomic E-state index is 13.8. The van der Waals surface area contributed by atoms with Gasteiger partial charge in [-0.05, 0) is 37.9 Å². The third-order valence-electron chi connectivity index (χ3n) is 5.09. The van der Waals surface area contributed by atoms with Gasteiger partial charge < -0.3 is 15.0 Å². The SMILES string of the molecule is Cl.Fc1cccc(CN2CCN(CC3CCNCC3)CC2)c1OC(F)F. The van der Waals surface area contributed by atoms with Gasteiger partial charge in [-0.3, -0.25) is 4.90 Å². The zero-order valence-electron chi connectivity index (χ0n) is 14.8. The first-order valence-electron chi connectivity index (χ1n) is 8.99. The van der Waals surface area contributed by atoms with Gasteiger partial charge in [0.05, 0.1) is 0 Å². The maximum absolute atomic E-state index is 13.8. The molecule has 2 aliphatic heterocycles. The first-order valence-corrected chi connectivity index (χ1v) is 8.99. The van der Waals surface area contributed by atoms with Crippen molar-refractivity contribution in [1.82, 2.24) is 15.1 Å². The third kappa shape index (κ3) is 6.01. The Bertz CT molecular complexity index is 550. The topological polar surface area (TPSA) is 27.7 Å². The lowest BCUT2D eigenvalue weighted by Crippen LogP contribution is -2.48. The minimum Gasteiger partial charge on any atom is -0.431 e. The third-order valence-corrected chi connectivity index (χ3v) is 5.09. The van der Waals surface area contributed by atoms with Crippen LogP contribution < -0.4 is 10.1 Å². The van der Waals surface area contributed by atoms with Crippen molar-refractivity contribution in [2.24, 2.45) is 5.92 Å². The molecule has 26 heavy (non-hydrogen) atoms. The number of benzene rings is 1. The molecule has 4 nitrogen and oxygen atoms in total. The van der Waals surface area contributed by atoms with Crippen molar-refractivity contribution in [2.45, 2.75) is 26.0 Å². The Balaban J connectivity index is 0.00000243. The smallest absolute Gasteiger partial charge is 0.387 e. The summed E-state index contributed by atoms with van der Waals surface area (Å²) in [5.41, 5.74) is 0.479. The summed E-state index contributed by atoms with van der Waals surface area (Å²) in [6, 6.07) is 4.34. The van der Waals surface area contributed by atoms with Crippen LogP contribution in [-0.4, -0.2) is 62.2 Å². The van der Waals surface area contributed by atoms with E-state index in [9.17, 15) is 13.2 Å². The molecule has 1 aromatic rings. The molecular formula is C18H27ClF3N3O. The first-order chi connectivity index (χ1) is 12.1. The summed E-state index contributed by atoms with van der Waals surface area (Å²) in [6.07, 6.45) is 2.47. The number of rotatable bonds is 6. The van der Waals surface area contributed by atoms with Crippen molar-refractivity contribution in [3.63, 3.8) is 0 Å². The Morgan fingerprint density at radius 2 is 1.73 bits per heavy atom. The van der Waals surface area contributed by atoms with Gasteiger partial charge in [-0.15, -0.1) is 12.4 Å². The normalized spacial score (nSPS) is 20.2. The van der Waals surface area contributed by atoms with Crippen LogP contribution in [0, 0.1) is 11.7 Å². The summed E-state index contributed by atoms with van der Waals surface area (Å²) in [5, 5.41) is 3.39. The summed E-state index contributed by atoms with van der Waals surface area (Å²) in [7, 11) is 0. The largest absolute Gasteiger partial charge is 0.431 e. The Morgan fingerprint density at radius 1 is 1.08 bits per heavy atom. The van der Waals surface area contributed by atoms with Gasteiger partial charge in [0.25, 0.3) is 0 Å². The van der Waals surface area contributed by atoms with E-state index in [1.54, 1.807) is 6.07 Å². The molecule has 2 fully saturated rings. The van der Waals surface area contributed by atoms with Gasteiger partial charge in [-0.2, -0.15) is 8.78 Å². The highest BCUT2D eigenvalue weighted by molar-refractivity contribution is 5.85. The molecule has 2 aliphatic rings. The summed E-state index contributed by atoms with van der Waals surface area (Å²) < 4.78 is 43.2. The molecule has 2 saturated heterocycles. The van der Waals surface area contributed by atoms with Crippen molar-refractivity contribution in [3.05, 3.63) is 29.6 Å². The minimum absolute atomic E-state index is 0. The van der Waals surface area contributed by atoms with Gasteiger partial charge in [0.15, 0.2) is 11.6 Å². The maximum Gasteiger partial charge on any atom is 0.387 e. The Kier molecular flexibility index (Phi) is 8.47. The second-order valence-electron chi connectivity index (χ2n) is 6.88. The Morgan fingerprint density at radius 3 is 2.38 bits per heavy atom. The second kappa shape index (κ2) is 10.3. The van der Waals surface area contributed by atoms with Gasteiger partial charge in [0.2, 0.25) is 0 Å². The van der Waals surface area contributed by atoms with Crippen LogP contribution in [0.1, 0.15) is 18.4 Å². The van der Waals surface area contributed by atoms with Crippen LogP contribution >= 0.6 is 12.4 Å². The number of piperazine rings is 1. The molecule has 2 heterocycles. The Labute approximate surface area is 159 Å². The quantitative estimate of drug-likeness (QED) is 0.804. The van der Waals surface area contributed by atoms with E-state index in [-0.39, 0.29) is 18.2 Å². The highest BCUT2D eigenvalue weighted by Crippen LogP contribution is 2.26. The lowest BCUT2D eigenvalue weighted by molar-refractivity contribution is -0.0532. The fraction of sp³-hybridized carbons (Fsp3) is 0.667. The summed E-state index contributed by atoms with van der Waals surface area (Å²) in [4.78, 5) is 4.65. The summed E-state index contributed by atoms with van der Waals surface area (Å²) in [5.74, 6) is -0.293. The van der Waals surface area contributed by atoms with E-state index in [0.717, 1.165) is 57.8 Å². The van der Waals surface area contributed by atoms with Gasteiger partial charge >= 0.3 is 6.61 Å². The summed E-state index contributed by atoms with van der Waals surface area (Å²) in [6.45, 7) is 4.40. The number of piperidine rings is 1. The van der Waals surface area contributed by atoms with E-state index >= 15 is 0 Å². The first kappa shape index (κ1) is 21.3. The fourth-order valence-corrected chi connectivity index (χ4v) is 3.70. The molecule has 3 rings (SSSR count). The molecule has 1 aromatic carbocycles. The molecule has 0 atom stereocenters. The highest BCUT2D eigenvalue weighted by atomic mass is 35.5. The predicted octanol–water partition coefficient (Wildman–Crippen LogP) is 2.97. The lowest BCUT2D eigenvalue weighted by Gasteiger charge is -2.37. The molecule has 1 N–H and O–H groups in total. The van der Waals surface area contributed by atoms with E-state index in [0.29, 0.717) is 12.1 Å². The molecule has 0 aromatic heterocycles.